The lowest BCUT2D eigenvalue weighted by Gasteiger charge is -2.17. The Morgan fingerprint density at radius 1 is 1.29 bits per heavy atom. The summed E-state index contributed by atoms with van der Waals surface area (Å²) in [7, 11) is 0. The molecule has 6 nitrogen and oxygen atoms in total. The molecule has 2 atom stereocenters. The van der Waals surface area contributed by atoms with Gasteiger partial charge in [0, 0.05) is 12.5 Å². The maximum absolute atomic E-state index is 11.7. The van der Waals surface area contributed by atoms with Gasteiger partial charge in [-0.15, -0.1) is 0 Å². The summed E-state index contributed by atoms with van der Waals surface area (Å²) >= 11 is 0. The molecule has 1 heterocycles. The van der Waals surface area contributed by atoms with Gasteiger partial charge in [0.2, 0.25) is 17.7 Å². The molecule has 0 bridgehead atoms. The molecule has 0 aromatic heterocycles. The molecule has 3 N–H and O–H groups in total. The van der Waals surface area contributed by atoms with Crippen LogP contribution in [0.4, 0.5) is 0 Å². The van der Waals surface area contributed by atoms with Crippen LogP contribution in [0.2, 0.25) is 0 Å². The van der Waals surface area contributed by atoms with Crippen LogP contribution in [-0.2, 0) is 14.4 Å². The highest BCUT2D eigenvalue weighted by molar-refractivity contribution is 5.92. The van der Waals surface area contributed by atoms with Crippen molar-refractivity contribution in [2.45, 2.75) is 39.3 Å². The summed E-state index contributed by atoms with van der Waals surface area (Å²) in [6.45, 7) is 5.69. The van der Waals surface area contributed by atoms with Crippen molar-refractivity contribution in [3.8, 4) is 0 Å². The van der Waals surface area contributed by atoms with Crippen LogP contribution in [0.15, 0.2) is 0 Å². The minimum atomic E-state index is -0.627. The molecule has 17 heavy (non-hydrogen) atoms. The normalized spacial score (nSPS) is 20.9. The molecule has 0 spiro atoms. The van der Waals surface area contributed by atoms with E-state index in [1.807, 2.05) is 0 Å². The minimum absolute atomic E-state index is 0.166. The topological polar surface area (TPSA) is 87.3 Å². The SMILES string of the molecule is CC(C)C(=O)N[C@@H](C)C(=O)N[C@@H]1CCNC1=O. The van der Waals surface area contributed by atoms with E-state index in [9.17, 15) is 14.4 Å². The Morgan fingerprint density at radius 3 is 2.41 bits per heavy atom. The monoisotopic (exact) mass is 241 g/mol. The van der Waals surface area contributed by atoms with Gasteiger partial charge in [-0.25, -0.2) is 0 Å². The van der Waals surface area contributed by atoms with Crippen molar-refractivity contribution < 1.29 is 14.4 Å². The standard InChI is InChI=1S/C11H19N3O3/c1-6(2)9(15)13-7(3)10(16)14-8-4-5-12-11(8)17/h6-8H,4-5H2,1-3H3,(H,12,17)(H,13,15)(H,14,16)/t7-,8+/m0/s1. The quantitative estimate of drug-likeness (QED) is 0.599. The number of hydrogen-bond acceptors (Lipinski definition) is 3. The maximum Gasteiger partial charge on any atom is 0.242 e. The third-order valence-corrected chi connectivity index (χ3v) is 2.64. The van der Waals surface area contributed by atoms with Crippen LogP contribution in [0.1, 0.15) is 27.2 Å². The van der Waals surface area contributed by atoms with Gasteiger partial charge in [-0.2, -0.15) is 0 Å². The number of rotatable bonds is 4. The number of hydrogen-bond donors (Lipinski definition) is 3. The van der Waals surface area contributed by atoms with Crippen LogP contribution in [0, 0.1) is 5.92 Å². The van der Waals surface area contributed by atoms with Gasteiger partial charge in [0.1, 0.15) is 12.1 Å². The molecule has 1 rings (SSSR count). The van der Waals surface area contributed by atoms with Crippen molar-refractivity contribution in [2.75, 3.05) is 6.54 Å². The van der Waals surface area contributed by atoms with E-state index in [4.69, 9.17) is 0 Å². The van der Waals surface area contributed by atoms with Gasteiger partial charge in [-0.3, -0.25) is 14.4 Å². The van der Waals surface area contributed by atoms with E-state index >= 15 is 0 Å². The van der Waals surface area contributed by atoms with Crippen LogP contribution in [0.3, 0.4) is 0 Å². The fourth-order valence-corrected chi connectivity index (χ4v) is 1.47. The first-order chi connectivity index (χ1) is 7.91. The van der Waals surface area contributed by atoms with Gasteiger partial charge in [-0.1, -0.05) is 13.8 Å². The van der Waals surface area contributed by atoms with Crippen molar-refractivity contribution in [3.05, 3.63) is 0 Å². The van der Waals surface area contributed by atoms with Crippen LogP contribution in [0.5, 0.6) is 0 Å². The van der Waals surface area contributed by atoms with Crippen LogP contribution in [0.25, 0.3) is 0 Å². The van der Waals surface area contributed by atoms with Crippen molar-refractivity contribution >= 4 is 17.7 Å². The summed E-state index contributed by atoms with van der Waals surface area (Å²) in [6, 6.07) is -1.10. The molecule has 0 saturated carbocycles. The Bertz CT molecular complexity index is 328. The average molecular weight is 241 g/mol. The van der Waals surface area contributed by atoms with Crippen molar-refractivity contribution in [1.82, 2.24) is 16.0 Å². The summed E-state index contributed by atoms with van der Waals surface area (Å²) in [4.78, 5) is 34.3. The third kappa shape index (κ3) is 3.72. The van der Waals surface area contributed by atoms with Crippen LogP contribution >= 0.6 is 0 Å². The molecule has 1 saturated heterocycles. The van der Waals surface area contributed by atoms with Crippen LogP contribution < -0.4 is 16.0 Å². The second-order valence-electron chi connectivity index (χ2n) is 4.53. The van der Waals surface area contributed by atoms with Gasteiger partial charge in [-0.05, 0) is 13.3 Å². The third-order valence-electron chi connectivity index (χ3n) is 2.64. The maximum atomic E-state index is 11.7. The molecule has 3 amide bonds. The first-order valence-corrected chi connectivity index (χ1v) is 5.80. The summed E-state index contributed by atoms with van der Waals surface area (Å²) in [5, 5.41) is 7.82. The van der Waals surface area contributed by atoms with Crippen molar-refractivity contribution in [2.24, 2.45) is 5.92 Å². The summed E-state index contributed by atoms with van der Waals surface area (Å²) in [5.41, 5.74) is 0. The Labute approximate surface area is 101 Å². The second kappa shape index (κ2) is 5.65. The Balaban J connectivity index is 2.41. The average Bonchev–Trinajstić information content (AvgIpc) is 2.64. The van der Waals surface area contributed by atoms with Crippen molar-refractivity contribution in [3.63, 3.8) is 0 Å². The lowest BCUT2D eigenvalue weighted by atomic mass is 10.2. The summed E-state index contributed by atoms with van der Waals surface area (Å²) < 4.78 is 0. The highest BCUT2D eigenvalue weighted by atomic mass is 16.2. The molecule has 1 aliphatic heterocycles. The molecule has 0 unspecified atom stereocenters. The number of amides is 3. The Morgan fingerprint density at radius 2 is 1.94 bits per heavy atom. The zero-order valence-corrected chi connectivity index (χ0v) is 10.4. The first-order valence-electron chi connectivity index (χ1n) is 5.80. The number of carbonyl (C=O) groups is 3. The molecule has 6 heteroatoms. The molecule has 1 fully saturated rings. The van der Waals surface area contributed by atoms with Gasteiger partial charge in [0.05, 0.1) is 0 Å². The van der Waals surface area contributed by atoms with E-state index in [1.54, 1.807) is 20.8 Å². The molecular formula is C11H19N3O3. The predicted molar refractivity (Wildman–Crippen MR) is 62.0 cm³/mol. The highest BCUT2D eigenvalue weighted by Crippen LogP contribution is 2.00. The molecule has 0 aromatic carbocycles. The van der Waals surface area contributed by atoms with E-state index in [-0.39, 0.29) is 23.6 Å². The molecule has 1 aliphatic rings. The van der Waals surface area contributed by atoms with E-state index in [1.165, 1.54) is 0 Å². The van der Waals surface area contributed by atoms with Gasteiger partial charge in [0.15, 0.2) is 0 Å². The Kier molecular flexibility index (Phi) is 4.48. The second-order valence-corrected chi connectivity index (χ2v) is 4.53. The molecule has 0 radical (unpaired) electrons. The Hall–Kier alpha value is -1.59. The zero-order valence-electron chi connectivity index (χ0n) is 10.4. The van der Waals surface area contributed by atoms with E-state index in [2.05, 4.69) is 16.0 Å². The van der Waals surface area contributed by atoms with Gasteiger partial charge in [0.25, 0.3) is 0 Å². The number of carbonyl (C=O) groups excluding carboxylic acids is 3. The fourth-order valence-electron chi connectivity index (χ4n) is 1.47. The van der Waals surface area contributed by atoms with Crippen LogP contribution in [-0.4, -0.2) is 36.3 Å². The van der Waals surface area contributed by atoms with E-state index < -0.39 is 12.1 Å². The van der Waals surface area contributed by atoms with Crippen molar-refractivity contribution in [1.29, 1.82) is 0 Å². The summed E-state index contributed by atoms with van der Waals surface area (Å²) in [5.74, 6) is -0.842. The fraction of sp³-hybridized carbons (Fsp3) is 0.727. The largest absolute Gasteiger partial charge is 0.354 e. The van der Waals surface area contributed by atoms with E-state index in [0.29, 0.717) is 13.0 Å². The van der Waals surface area contributed by atoms with Gasteiger partial charge >= 0.3 is 0 Å². The highest BCUT2D eigenvalue weighted by Gasteiger charge is 2.27. The molecular weight excluding hydrogens is 222 g/mol. The van der Waals surface area contributed by atoms with Gasteiger partial charge < -0.3 is 16.0 Å². The molecule has 0 aromatic rings. The minimum Gasteiger partial charge on any atom is -0.354 e. The van der Waals surface area contributed by atoms with E-state index in [0.717, 1.165) is 0 Å². The first kappa shape index (κ1) is 13.5. The predicted octanol–water partition coefficient (Wildman–Crippen LogP) is -0.848. The molecule has 96 valence electrons. The molecule has 0 aliphatic carbocycles. The lowest BCUT2D eigenvalue weighted by molar-refractivity contribution is -0.131. The smallest absolute Gasteiger partial charge is 0.242 e. The number of nitrogens with one attached hydrogen (secondary N) is 3. The summed E-state index contributed by atoms with van der Waals surface area (Å²) in [6.07, 6.45) is 0.593. The zero-order chi connectivity index (χ0) is 13.0. The lowest BCUT2D eigenvalue weighted by Crippen LogP contribution is -2.50.